The smallest absolute Gasteiger partial charge is 0.203 e. The molecule has 1 aromatic heterocycles. The van der Waals surface area contributed by atoms with E-state index in [4.69, 9.17) is 11.6 Å². The normalized spacial score (nSPS) is 17.3. The molecule has 0 amide bonds. The summed E-state index contributed by atoms with van der Waals surface area (Å²) in [5.74, 6) is 1.20. The van der Waals surface area contributed by atoms with E-state index < -0.39 is 6.10 Å². The highest BCUT2D eigenvalue weighted by Gasteiger charge is 2.27. The summed E-state index contributed by atoms with van der Waals surface area (Å²) in [7, 11) is 0. The maximum atomic E-state index is 10.6. The average Bonchev–Trinajstić information content (AvgIpc) is 3.06. The quantitative estimate of drug-likeness (QED) is 0.752. The van der Waals surface area contributed by atoms with Crippen molar-refractivity contribution in [1.29, 1.82) is 0 Å². The number of hydrogen-bond acceptors (Lipinski definition) is 3. The summed E-state index contributed by atoms with van der Waals surface area (Å²) in [5, 5.41) is 11.3. The van der Waals surface area contributed by atoms with Crippen LogP contribution in [0, 0.1) is 5.92 Å². The van der Waals surface area contributed by atoms with Crippen LogP contribution in [-0.4, -0.2) is 28.2 Å². The lowest BCUT2D eigenvalue weighted by Crippen LogP contribution is -2.36. The van der Waals surface area contributed by atoms with E-state index in [0.717, 1.165) is 48.5 Å². The molecule has 4 rings (SSSR count). The number of fused-ring (bicyclic) bond motifs is 1. The van der Waals surface area contributed by atoms with E-state index >= 15 is 0 Å². The Labute approximate surface area is 146 Å². The Kier molecular flexibility index (Phi) is 4.17. The number of para-hydroxylation sites is 2. The summed E-state index contributed by atoms with van der Waals surface area (Å²) in [6.45, 7) is 1.80. The number of aromatic amines is 1. The van der Waals surface area contributed by atoms with Crippen molar-refractivity contribution in [3.63, 3.8) is 0 Å². The number of benzene rings is 2. The summed E-state index contributed by atoms with van der Waals surface area (Å²) in [6.07, 6.45) is 1.46. The minimum Gasteiger partial charge on any atom is -0.388 e. The molecule has 2 N–H and O–H groups in total. The van der Waals surface area contributed by atoms with Gasteiger partial charge in [-0.1, -0.05) is 35.9 Å². The van der Waals surface area contributed by atoms with Crippen molar-refractivity contribution < 1.29 is 5.11 Å². The standard InChI is InChI=1S/C19H20ClN3O/c20-15-7-5-13(6-8-15)18(24)14-9-11-23(12-10-14)19-21-16-3-1-2-4-17(16)22-19/h1-8,14,18,24H,9-12H2,(H,21,22). The molecule has 124 valence electrons. The van der Waals surface area contributed by atoms with Crippen molar-refractivity contribution in [3.8, 4) is 0 Å². The van der Waals surface area contributed by atoms with Gasteiger partial charge in [0, 0.05) is 18.1 Å². The topological polar surface area (TPSA) is 52.1 Å². The zero-order valence-electron chi connectivity index (χ0n) is 13.3. The van der Waals surface area contributed by atoms with E-state index in [9.17, 15) is 5.11 Å². The second-order valence-electron chi connectivity index (χ2n) is 6.40. The van der Waals surface area contributed by atoms with Gasteiger partial charge in [0.15, 0.2) is 0 Å². The van der Waals surface area contributed by atoms with Crippen LogP contribution < -0.4 is 4.90 Å². The molecule has 4 nitrogen and oxygen atoms in total. The van der Waals surface area contributed by atoms with Crippen LogP contribution in [0.15, 0.2) is 48.5 Å². The number of aliphatic hydroxyl groups excluding tert-OH is 1. The Hall–Kier alpha value is -2.04. The lowest BCUT2D eigenvalue weighted by molar-refractivity contribution is 0.0928. The molecule has 5 heteroatoms. The number of rotatable bonds is 3. The van der Waals surface area contributed by atoms with Gasteiger partial charge < -0.3 is 15.0 Å². The number of anilines is 1. The molecule has 1 aliphatic heterocycles. The van der Waals surface area contributed by atoms with Gasteiger partial charge in [-0.25, -0.2) is 4.98 Å². The predicted molar refractivity (Wildman–Crippen MR) is 97.4 cm³/mol. The number of H-pyrrole nitrogens is 1. The van der Waals surface area contributed by atoms with Crippen LogP contribution in [0.2, 0.25) is 5.02 Å². The number of hydrogen-bond donors (Lipinski definition) is 2. The van der Waals surface area contributed by atoms with Crippen LogP contribution >= 0.6 is 11.6 Å². The highest BCUT2D eigenvalue weighted by Crippen LogP contribution is 2.32. The molecule has 0 radical (unpaired) electrons. The number of nitrogens with zero attached hydrogens (tertiary/aromatic N) is 2. The number of aliphatic hydroxyl groups is 1. The molecule has 0 spiro atoms. The molecule has 0 bridgehead atoms. The maximum Gasteiger partial charge on any atom is 0.203 e. The minimum absolute atomic E-state index is 0.270. The minimum atomic E-state index is -0.430. The molecular formula is C19H20ClN3O. The van der Waals surface area contributed by atoms with Gasteiger partial charge >= 0.3 is 0 Å². The SMILES string of the molecule is OC(c1ccc(Cl)cc1)C1CCN(c2nc3ccccc3[nH]2)CC1. The Bertz CT molecular complexity index is 789. The lowest BCUT2D eigenvalue weighted by atomic mass is 9.87. The molecule has 1 aliphatic rings. The van der Waals surface area contributed by atoms with Crippen molar-refractivity contribution >= 4 is 28.6 Å². The second-order valence-corrected chi connectivity index (χ2v) is 6.83. The van der Waals surface area contributed by atoms with E-state index in [1.807, 2.05) is 48.5 Å². The molecule has 2 aromatic carbocycles. The third kappa shape index (κ3) is 2.99. The van der Waals surface area contributed by atoms with Crippen molar-refractivity contribution in [1.82, 2.24) is 9.97 Å². The van der Waals surface area contributed by atoms with Gasteiger partial charge in [0.25, 0.3) is 0 Å². The first kappa shape index (κ1) is 15.5. The third-order valence-electron chi connectivity index (χ3n) is 4.87. The number of aromatic nitrogens is 2. The van der Waals surface area contributed by atoms with Gasteiger partial charge in [0.2, 0.25) is 5.95 Å². The molecule has 3 aromatic rings. The molecule has 0 aliphatic carbocycles. The van der Waals surface area contributed by atoms with E-state index in [-0.39, 0.29) is 5.92 Å². The fourth-order valence-electron chi connectivity index (χ4n) is 3.45. The van der Waals surface area contributed by atoms with Crippen LogP contribution in [0.4, 0.5) is 5.95 Å². The summed E-state index contributed by atoms with van der Waals surface area (Å²) < 4.78 is 0. The number of piperidine rings is 1. The van der Waals surface area contributed by atoms with Crippen molar-refractivity contribution in [2.45, 2.75) is 18.9 Å². The Morgan fingerprint density at radius 2 is 1.79 bits per heavy atom. The molecule has 1 fully saturated rings. The average molecular weight is 342 g/mol. The summed E-state index contributed by atoms with van der Waals surface area (Å²) in [4.78, 5) is 10.3. The highest BCUT2D eigenvalue weighted by molar-refractivity contribution is 6.30. The first-order valence-electron chi connectivity index (χ1n) is 8.34. The molecule has 24 heavy (non-hydrogen) atoms. The van der Waals surface area contributed by atoms with Crippen molar-refractivity contribution in [2.24, 2.45) is 5.92 Å². The molecule has 2 heterocycles. The number of halogens is 1. The fraction of sp³-hybridized carbons (Fsp3) is 0.316. The number of nitrogens with one attached hydrogen (secondary N) is 1. The van der Waals surface area contributed by atoms with Crippen LogP contribution in [0.3, 0.4) is 0 Å². The van der Waals surface area contributed by atoms with Crippen molar-refractivity contribution in [2.75, 3.05) is 18.0 Å². The number of imidazole rings is 1. The van der Waals surface area contributed by atoms with Crippen molar-refractivity contribution in [3.05, 3.63) is 59.1 Å². The van der Waals surface area contributed by atoms with Gasteiger partial charge in [0.1, 0.15) is 0 Å². The molecular weight excluding hydrogens is 322 g/mol. The monoisotopic (exact) mass is 341 g/mol. The van der Waals surface area contributed by atoms with Crippen LogP contribution in [0.5, 0.6) is 0 Å². The Morgan fingerprint density at radius 3 is 2.50 bits per heavy atom. The van der Waals surface area contributed by atoms with Gasteiger partial charge in [-0.05, 0) is 48.6 Å². The first-order chi connectivity index (χ1) is 11.7. The van der Waals surface area contributed by atoms with Gasteiger partial charge in [-0.3, -0.25) is 0 Å². The molecule has 0 saturated carbocycles. The van der Waals surface area contributed by atoms with Gasteiger partial charge in [-0.15, -0.1) is 0 Å². The summed E-state index contributed by atoms with van der Waals surface area (Å²) in [5.41, 5.74) is 3.01. The third-order valence-corrected chi connectivity index (χ3v) is 5.13. The van der Waals surface area contributed by atoms with E-state index in [1.54, 1.807) is 0 Å². The predicted octanol–water partition coefficient (Wildman–Crippen LogP) is 4.17. The van der Waals surface area contributed by atoms with Gasteiger partial charge in [-0.2, -0.15) is 0 Å². The van der Waals surface area contributed by atoms with Crippen LogP contribution in [0.25, 0.3) is 11.0 Å². The second kappa shape index (κ2) is 6.46. The highest BCUT2D eigenvalue weighted by atomic mass is 35.5. The lowest BCUT2D eigenvalue weighted by Gasteiger charge is -2.34. The Balaban J connectivity index is 1.43. The molecule has 1 atom stereocenters. The summed E-state index contributed by atoms with van der Waals surface area (Å²) >= 11 is 5.92. The zero-order valence-corrected chi connectivity index (χ0v) is 14.1. The fourth-order valence-corrected chi connectivity index (χ4v) is 3.57. The van der Waals surface area contributed by atoms with E-state index in [2.05, 4.69) is 14.9 Å². The first-order valence-corrected chi connectivity index (χ1v) is 8.72. The maximum absolute atomic E-state index is 10.6. The van der Waals surface area contributed by atoms with Crippen LogP contribution in [0.1, 0.15) is 24.5 Å². The Morgan fingerprint density at radius 1 is 1.08 bits per heavy atom. The molecule has 1 saturated heterocycles. The largest absolute Gasteiger partial charge is 0.388 e. The van der Waals surface area contributed by atoms with Gasteiger partial charge in [0.05, 0.1) is 17.1 Å². The summed E-state index contributed by atoms with van der Waals surface area (Å²) in [6, 6.07) is 15.6. The zero-order chi connectivity index (χ0) is 16.5. The molecule has 1 unspecified atom stereocenters. The van der Waals surface area contributed by atoms with Crippen LogP contribution in [-0.2, 0) is 0 Å². The van der Waals surface area contributed by atoms with E-state index in [1.165, 1.54) is 0 Å². The van der Waals surface area contributed by atoms with E-state index in [0.29, 0.717) is 5.02 Å².